The zero-order valence-electron chi connectivity index (χ0n) is 9.00. The van der Waals surface area contributed by atoms with E-state index in [-0.39, 0.29) is 25.2 Å². The highest BCUT2D eigenvalue weighted by Crippen LogP contribution is 2.12. The van der Waals surface area contributed by atoms with Crippen molar-refractivity contribution in [2.75, 3.05) is 26.8 Å². The van der Waals surface area contributed by atoms with Crippen molar-refractivity contribution in [2.45, 2.75) is 19.9 Å². The van der Waals surface area contributed by atoms with Crippen molar-refractivity contribution < 1.29 is 15.0 Å². The molecule has 1 amide bonds. The van der Waals surface area contributed by atoms with E-state index in [9.17, 15) is 4.79 Å². The summed E-state index contributed by atoms with van der Waals surface area (Å²) in [6.07, 6.45) is 0. The molecule has 0 aliphatic rings. The van der Waals surface area contributed by atoms with E-state index < -0.39 is 5.41 Å². The summed E-state index contributed by atoms with van der Waals surface area (Å²) >= 11 is 0. The second-order valence-corrected chi connectivity index (χ2v) is 3.84. The lowest BCUT2D eigenvalue weighted by Gasteiger charge is -2.26. The van der Waals surface area contributed by atoms with E-state index in [0.717, 1.165) is 0 Å². The first kappa shape index (κ1) is 13.4. The Kier molecular flexibility index (Phi) is 5.68. The Morgan fingerprint density at radius 1 is 1.43 bits per heavy atom. The number of rotatable bonds is 6. The van der Waals surface area contributed by atoms with Crippen molar-refractivity contribution in [2.24, 2.45) is 5.41 Å². The van der Waals surface area contributed by atoms with Gasteiger partial charge in [0.15, 0.2) is 0 Å². The average Bonchev–Trinajstić information content (AvgIpc) is 2.24. The van der Waals surface area contributed by atoms with Gasteiger partial charge in [-0.15, -0.1) is 0 Å². The van der Waals surface area contributed by atoms with Crippen LogP contribution in [0.15, 0.2) is 0 Å². The number of carbonyl (C=O) groups excluding carboxylic acids is 1. The Bertz CT molecular complexity index is 181. The summed E-state index contributed by atoms with van der Waals surface area (Å²) in [6, 6.07) is -0.322. The maximum atomic E-state index is 11.1. The second-order valence-electron chi connectivity index (χ2n) is 3.84. The molecule has 0 aromatic carbocycles. The van der Waals surface area contributed by atoms with Crippen LogP contribution in [0.3, 0.4) is 0 Å². The number of likely N-dealkylation sites (N-methyl/N-ethyl adjacent to an activating group) is 1. The predicted molar refractivity (Wildman–Crippen MR) is 53.8 cm³/mol. The van der Waals surface area contributed by atoms with Crippen molar-refractivity contribution >= 4 is 5.91 Å². The fourth-order valence-corrected chi connectivity index (χ4v) is 0.871. The molecular formula is C9H20N2O3. The van der Waals surface area contributed by atoms with Crippen LogP contribution in [0.1, 0.15) is 13.8 Å². The van der Waals surface area contributed by atoms with Gasteiger partial charge < -0.3 is 20.8 Å². The molecule has 0 bridgehead atoms. The van der Waals surface area contributed by atoms with Crippen molar-refractivity contribution in [1.82, 2.24) is 10.6 Å². The molecule has 0 radical (unpaired) electrons. The Morgan fingerprint density at radius 3 is 2.29 bits per heavy atom. The van der Waals surface area contributed by atoms with Gasteiger partial charge >= 0.3 is 0 Å². The molecular weight excluding hydrogens is 184 g/mol. The Labute approximate surface area is 84.5 Å². The number of amides is 1. The largest absolute Gasteiger partial charge is 0.396 e. The summed E-state index contributed by atoms with van der Waals surface area (Å²) < 4.78 is 0. The van der Waals surface area contributed by atoms with E-state index in [2.05, 4.69) is 10.6 Å². The van der Waals surface area contributed by atoms with E-state index in [1.54, 1.807) is 20.9 Å². The van der Waals surface area contributed by atoms with Crippen LogP contribution in [-0.4, -0.2) is 49.0 Å². The number of carbonyl (C=O) groups is 1. The van der Waals surface area contributed by atoms with Crippen LogP contribution in [0.25, 0.3) is 0 Å². The van der Waals surface area contributed by atoms with Gasteiger partial charge in [-0.05, 0) is 6.92 Å². The van der Waals surface area contributed by atoms with Gasteiger partial charge in [0.25, 0.3) is 0 Å². The SMILES string of the molecule is CNC(=O)C(C)NCC(C)(CO)CO. The number of nitrogens with one attached hydrogen (secondary N) is 2. The molecule has 1 unspecified atom stereocenters. The van der Waals surface area contributed by atoms with Crippen LogP contribution < -0.4 is 10.6 Å². The van der Waals surface area contributed by atoms with E-state index in [4.69, 9.17) is 10.2 Å². The zero-order valence-corrected chi connectivity index (χ0v) is 9.00. The lowest BCUT2D eigenvalue weighted by Crippen LogP contribution is -2.47. The summed E-state index contributed by atoms with van der Waals surface area (Å²) in [4.78, 5) is 11.1. The van der Waals surface area contributed by atoms with Crippen LogP contribution in [0.2, 0.25) is 0 Å². The smallest absolute Gasteiger partial charge is 0.236 e. The van der Waals surface area contributed by atoms with Gasteiger partial charge in [0.1, 0.15) is 0 Å². The molecule has 0 fully saturated rings. The average molecular weight is 204 g/mol. The molecule has 0 heterocycles. The molecule has 0 aromatic heterocycles. The third-order valence-electron chi connectivity index (χ3n) is 2.24. The molecule has 5 heteroatoms. The van der Waals surface area contributed by atoms with Gasteiger partial charge in [-0.3, -0.25) is 4.79 Å². The first-order valence-electron chi connectivity index (χ1n) is 4.66. The van der Waals surface area contributed by atoms with Crippen molar-refractivity contribution in [3.05, 3.63) is 0 Å². The van der Waals surface area contributed by atoms with Gasteiger partial charge in [-0.2, -0.15) is 0 Å². The summed E-state index contributed by atoms with van der Waals surface area (Å²) in [5.41, 5.74) is -0.581. The van der Waals surface area contributed by atoms with Crippen LogP contribution in [0.4, 0.5) is 0 Å². The molecule has 14 heavy (non-hydrogen) atoms. The fourth-order valence-electron chi connectivity index (χ4n) is 0.871. The number of hydrogen-bond donors (Lipinski definition) is 4. The van der Waals surface area contributed by atoms with Crippen LogP contribution in [0.5, 0.6) is 0 Å². The molecule has 0 aromatic rings. The Morgan fingerprint density at radius 2 is 1.93 bits per heavy atom. The molecule has 5 nitrogen and oxygen atoms in total. The molecule has 1 atom stereocenters. The summed E-state index contributed by atoms with van der Waals surface area (Å²) in [7, 11) is 1.57. The maximum absolute atomic E-state index is 11.1. The van der Waals surface area contributed by atoms with Gasteiger partial charge in [0.05, 0.1) is 19.3 Å². The van der Waals surface area contributed by atoms with Crippen LogP contribution >= 0.6 is 0 Å². The Hall–Kier alpha value is -0.650. The molecule has 0 rings (SSSR count). The van der Waals surface area contributed by atoms with Crippen molar-refractivity contribution in [1.29, 1.82) is 0 Å². The van der Waals surface area contributed by atoms with E-state index >= 15 is 0 Å². The monoisotopic (exact) mass is 204 g/mol. The Balaban J connectivity index is 3.97. The molecule has 0 aliphatic heterocycles. The highest BCUT2D eigenvalue weighted by molar-refractivity contribution is 5.80. The summed E-state index contributed by atoms with van der Waals surface area (Å²) in [5.74, 6) is -0.108. The van der Waals surface area contributed by atoms with Gasteiger partial charge in [-0.25, -0.2) is 0 Å². The van der Waals surface area contributed by atoms with Crippen LogP contribution in [-0.2, 0) is 4.79 Å². The first-order chi connectivity index (χ1) is 6.49. The van der Waals surface area contributed by atoms with E-state index in [1.165, 1.54) is 0 Å². The quantitative estimate of drug-likeness (QED) is 0.433. The second kappa shape index (κ2) is 5.95. The normalized spacial score (nSPS) is 13.8. The topological polar surface area (TPSA) is 81.6 Å². The maximum Gasteiger partial charge on any atom is 0.236 e. The zero-order chi connectivity index (χ0) is 11.2. The van der Waals surface area contributed by atoms with E-state index in [0.29, 0.717) is 6.54 Å². The highest BCUT2D eigenvalue weighted by Gasteiger charge is 2.23. The minimum atomic E-state index is -0.581. The van der Waals surface area contributed by atoms with Crippen molar-refractivity contribution in [3.8, 4) is 0 Å². The van der Waals surface area contributed by atoms with E-state index in [1.807, 2.05) is 0 Å². The van der Waals surface area contributed by atoms with Gasteiger partial charge in [0.2, 0.25) is 5.91 Å². The number of aliphatic hydroxyl groups excluding tert-OH is 2. The summed E-state index contributed by atoms with van der Waals surface area (Å²) in [5, 5.41) is 23.4. The molecule has 0 saturated carbocycles. The lowest BCUT2D eigenvalue weighted by atomic mass is 9.93. The van der Waals surface area contributed by atoms with Gasteiger partial charge in [0, 0.05) is 19.0 Å². The number of hydrogen-bond acceptors (Lipinski definition) is 4. The third-order valence-corrected chi connectivity index (χ3v) is 2.24. The number of aliphatic hydroxyl groups is 2. The third kappa shape index (κ3) is 4.04. The van der Waals surface area contributed by atoms with Gasteiger partial charge in [-0.1, -0.05) is 6.92 Å². The first-order valence-corrected chi connectivity index (χ1v) is 4.66. The van der Waals surface area contributed by atoms with Crippen molar-refractivity contribution in [3.63, 3.8) is 0 Å². The summed E-state index contributed by atoms with van der Waals surface area (Å²) in [6.45, 7) is 3.65. The minimum absolute atomic E-state index is 0.108. The lowest BCUT2D eigenvalue weighted by molar-refractivity contribution is -0.122. The molecule has 4 N–H and O–H groups in total. The van der Waals surface area contributed by atoms with Crippen LogP contribution in [0, 0.1) is 5.41 Å². The fraction of sp³-hybridized carbons (Fsp3) is 0.889. The predicted octanol–water partition coefficient (Wildman–Crippen LogP) is -1.30. The molecule has 0 saturated heterocycles. The highest BCUT2D eigenvalue weighted by atomic mass is 16.3. The molecule has 0 aliphatic carbocycles. The molecule has 0 spiro atoms. The molecule has 84 valence electrons. The minimum Gasteiger partial charge on any atom is -0.396 e. The standard InChI is InChI=1S/C9H20N2O3/c1-7(8(14)10-3)11-4-9(2,5-12)6-13/h7,11-13H,4-6H2,1-3H3,(H,10,14).